The van der Waals surface area contributed by atoms with Gasteiger partial charge in [0.05, 0.1) is 0 Å². The van der Waals surface area contributed by atoms with E-state index in [2.05, 4.69) is 25.2 Å². The van der Waals surface area contributed by atoms with Crippen LogP contribution in [0.3, 0.4) is 0 Å². The van der Waals surface area contributed by atoms with Crippen molar-refractivity contribution >= 4 is 5.69 Å². The van der Waals surface area contributed by atoms with Crippen molar-refractivity contribution in [2.24, 2.45) is 11.8 Å². The van der Waals surface area contributed by atoms with E-state index >= 15 is 0 Å². The maximum absolute atomic E-state index is 5.93. The molecular formula is C14H22N2. The van der Waals surface area contributed by atoms with Crippen molar-refractivity contribution in [1.82, 2.24) is 5.32 Å². The van der Waals surface area contributed by atoms with E-state index in [1.54, 1.807) is 0 Å². The van der Waals surface area contributed by atoms with Crippen LogP contribution in [-0.2, 0) is 6.54 Å². The highest BCUT2D eigenvalue weighted by molar-refractivity contribution is 5.46. The molecule has 0 amide bonds. The molecule has 0 aliphatic heterocycles. The second kappa shape index (κ2) is 4.88. The summed E-state index contributed by atoms with van der Waals surface area (Å²) in [5.74, 6) is 1.63. The number of para-hydroxylation sites is 1. The Morgan fingerprint density at radius 2 is 2.00 bits per heavy atom. The van der Waals surface area contributed by atoms with Crippen LogP contribution in [-0.4, -0.2) is 6.04 Å². The first-order valence-corrected chi connectivity index (χ1v) is 6.25. The van der Waals surface area contributed by atoms with Gasteiger partial charge in [-0.1, -0.05) is 32.0 Å². The molecule has 1 fully saturated rings. The highest BCUT2D eigenvalue weighted by Gasteiger charge is 2.28. The predicted octanol–water partition coefficient (Wildman–Crippen LogP) is 2.79. The molecule has 0 saturated heterocycles. The van der Waals surface area contributed by atoms with Gasteiger partial charge in [-0.25, -0.2) is 0 Å². The molecule has 1 aromatic rings. The lowest BCUT2D eigenvalue weighted by molar-refractivity contribution is 0.370. The molecule has 0 spiro atoms. The molecule has 3 unspecified atom stereocenters. The van der Waals surface area contributed by atoms with E-state index in [4.69, 9.17) is 5.73 Å². The minimum atomic E-state index is 0.662. The summed E-state index contributed by atoms with van der Waals surface area (Å²) in [6.45, 7) is 5.60. The lowest BCUT2D eigenvalue weighted by Gasteiger charge is -2.20. The Balaban J connectivity index is 1.91. The van der Waals surface area contributed by atoms with Crippen LogP contribution in [0.1, 0.15) is 32.3 Å². The van der Waals surface area contributed by atoms with Crippen LogP contribution in [0.2, 0.25) is 0 Å². The predicted molar refractivity (Wildman–Crippen MR) is 69.0 cm³/mol. The van der Waals surface area contributed by atoms with Gasteiger partial charge in [0.2, 0.25) is 0 Å². The van der Waals surface area contributed by atoms with Gasteiger partial charge in [0, 0.05) is 18.3 Å². The Labute approximate surface area is 98.2 Å². The average Bonchev–Trinajstić information content (AvgIpc) is 2.59. The van der Waals surface area contributed by atoms with Gasteiger partial charge >= 0.3 is 0 Å². The molecule has 0 heterocycles. The topological polar surface area (TPSA) is 38.0 Å². The van der Waals surface area contributed by atoms with Crippen molar-refractivity contribution < 1.29 is 0 Å². The van der Waals surface area contributed by atoms with Crippen molar-refractivity contribution in [2.45, 2.75) is 39.3 Å². The molecule has 0 radical (unpaired) electrons. The zero-order chi connectivity index (χ0) is 11.5. The molecule has 2 heteroatoms. The third-order valence-corrected chi connectivity index (χ3v) is 4.08. The van der Waals surface area contributed by atoms with Gasteiger partial charge < -0.3 is 11.1 Å². The number of hydrogen-bond acceptors (Lipinski definition) is 2. The molecule has 0 aromatic heterocycles. The minimum Gasteiger partial charge on any atom is -0.398 e. The largest absolute Gasteiger partial charge is 0.398 e. The second-order valence-electron chi connectivity index (χ2n) is 5.10. The number of nitrogen functional groups attached to an aromatic ring is 1. The Kier molecular flexibility index (Phi) is 3.49. The Morgan fingerprint density at radius 1 is 1.25 bits per heavy atom. The van der Waals surface area contributed by atoms with Crippen molar-refractivity contribution in [2.75, 3.05) is 5.73 Å². The van der Waals surface area contributed by atoms with Crippen molar-refractivity contribution in [3.05, 3.63) is 29.8 Å². The number of hydrogen-bond donors (Lipinski definition) is 2. The number of nitrogens with two attached hydrogens (primary N) is 1. The standard InChI is InChI=1S/C14H22N2/c1-10-7-8-14(11(10)2)16-9-12-5-3-4-6-13(12)15/h3-6,10-11,14,16H,7-9,15H2,1-2H3. The minimum absolute atomic E-state index is 0.662. The van der Waals surface area contributed by atoms with Crippen molar-refractivity contribution in [3.8, 4) is 0 Å². The summed E-state index contributed by atoms with van der Waals surface area (Å²) < 4.78 is 0. The highest BCUT2D eigenvalue weighted by atomic mass is 14.9. The van der Waals surface area contributed by atoms with Gasteiger partial charge in [0.25, 0.3) is 0 Å². The normalized spacial score (nSPS) is 29.5. The molecule has 3 N–H and O–H groups in total. The summed E-state index contributed by atoms with van der Waals surface area (Å²) in [5.41, 5.74) is 8.04. The fraction of sp³-hybridized carbons (Fsp3) is 0.571. The molecule has 1 aliphatic carbocycles. The maximum Gasteiger partial charge on any atom is 0.0359 e. The molecule has 16 heavy (non-hydrogen) atoms. The zero-order valence-corrected chi connectivity index (χ0v) is 10.2. The molecule has 1 saturated carbocycles. The summed E-state index contributed by atoms with van der Waals surface area (Å²) >= 11 is 0. The van der Waals surface area contributed by atoms with Crippen LogP contribution in [0.5, 0.6) is 0 Å². The maximum atomic E-state index is 5.93. The van der Waals surface area contributed by atoms with Gasteiger partial charge in [-0.15, -0.1) is 0 Å². The van der Waals surface area contributed by atoms with Crippen LogP contribution in [0, 0.1) is 11.8 Å². The molecule has 0 bridgehead atoms. The third kappa shape index (κ3) is 2.38. The van der Waals surface area contributed by atoms with Crippen LogP contribution in [0.25, 0.3) is 0 Å². The molecule has 88 valence electrons. The molecule has 2 nitrogen and oxygen atoms in total. The van der Waals surface area contributed by atoms with Crippen LogP contribution in [0.4, 0.5) is 5.69 Å². The fourth-order valence-corrected chi connectivity index (χ4v) is 2.59. The van der Waals surface area contributed by atoms with E-state index in [0.29, 0.717) is 6.04 Å². The first-order chi connectivity index (χ1) is 7.68. The molecule has 1 aliphatic rings. The summed E-state index contributed by atoms with van der Waals surface area (Å²) in [7, 11) is 0. The lowest BCUT2D eigenvalue weighted by atomic mass is 9.97. The van der Waals surface area contributed by atoms with E-state index in [9.17, 15) is 0 Å². The van der Waals surface area contributed by atoms with Gasteiger partial charge in [0.1, 0.15) is 0 Å². The van der Waals surface area contributed by atoms with E-state index in [1.165, 1.54) is 18.4 Å². The Morgan fingerprint density at radius 3 is 2.62 bits per heavy atom. The third-order valence-electron chi connectivity index (χ3n) is 4.08. The SMILES string of the molecule is CC1CCC(NCc2ccccc2N)C1C. The summed E-state index contributed by atoms with van der Waals surface area (Å²) in [6, 6.07) is 8.77. The quantitative estimate of drug-likeness (QED) is 0.766. The highest BCUT2D eigenvalue weighted by Crippen LogP contribution is 2.31. The van der Waals surface area contributed by atoms with Gasteiger partial charge in [0.15, 0.2) is 0 Å². The number of nitrogens with one attached hydrogen (secondary N) is 1. The lowest BCUT2D eigenvalue weighted by Crippen LogP contribution is -2.32. The molecule has 2 rings (SSSR count). The van der Waals surface area contributed by atoms with Crippen LogP contribution in [0.15, 0.2) is 24.3 Å². The smallest absolute Gasteiger partial charge is 0.0359 e. The molecule has 3 atom stereocenters. The number of benzene rings is 1. The summed E-state index contributed by atoms with van der Waals surface area (Å²) in [4.78, 5) is 0. The van der Waals surface area contributed by atoms with Gasteiger partial charge in [-0.2, -0.15) is 0 Å². The monoisotopic (exact) mass is 218 g/mol. The van der Waals surface area contributed by atoms with E-state index in [-0.39, 0.29) is 0 Å². The first kappa shape index (κ1) is 11.5. The fourth-order valence-electron chi connectivity index (χ4n) is 2.59. The van der Waals surface area contributed by atoms with Crippen molar-refractivity contribution in [3.63, 3.8) is 0 Å². The summed E-state index contributed by atoms with van der Waals surface area (Å²) in [5, 5.41) is 3.64. The van der Waals surface area contributed by atoms with Gasteiger partial charge in [-0.05, 0) is 36.3 Å². The van der Waals surface area contributed by atoms with Crippen LogP contribution >= 0.6 is 0 Å². The summed E-state index contributed by atoms with van der Waals surface area (Å²) in [6.07, 6.45) is 2.65. The molecule has 1 aromatic carbocycles. The van der Waals surface area contributed by atoms with Crippen molar-refractivity contribution in [1.29, 1.82) is 0 Å². The van der Waals surface area contributed by atoms with E-state index in [1.807, 2.05) is 18.2 Å². The zero-order valence-electron chi connectivity index (χ0n) is 10.2. The van der Waals surface area contributed by atoms with Crippen LogP contribution < -0.4 is 11.1 Å². The number of rotatable bonds is 3. The second-order valence-corrected chi connectivity index (χ2v) is 5.10. The van der Waals surface area contributed by atoms with E-state index < -0.39 is 0 Å². The molecular weight excluding hydrogens is 196 g/mol. The first-order valence-electron chi connectivity index (χ1n) is 6.25. The van der Waals surface area contributed by atoms with E-state index in [0.717, 1.165) is 24.1 Å². The van der Waals surface area contributed by atoms with Gasteiger partial charge in [-0.3, -0.25) is 0 Å². The Bertz CT molecular complexity index is 348. The Hall–Kier alpha value is -1.02. The average molecular weight is 218 g/mol. The number of anilines is 1.